The summed E-state index contributed by atoms with van der Waals surface area (Å²) >= 11 is 1.75. The molecule has 1 amide bonds. The normalized spacial score (nSPS) is 12.2. The van der Waals surface area contributed by atoms with Gasteiger partial charge in [0, 0.05) is 20.1 Å². The number of nitrogens with one attached hydrogen (secondary N) is 1. The van der Waals surface area contributed by atoms with Gasteiger partial charge in [0.05, 0.1) is 6.10 Å². The molecule has 1 aromatic carbocycles. The highest BCUT2D eigenvalue weighted by Gasteiger charge is 2.10. The molecule has 0 saturated carbocycles. The lowest BCUT2D eigenvalue weighted by atomic mass is 10.1. The van der Waals surface area contributed by atoms with Gasteiger partial charge in [-0.3, -0.25) is 4.79 Å². The standard InChI is InChI=1S/C15H22FNO2S/c1-19-13(9-10-20-2)11-17-15(18)8-7-12-5-3-4-6-14(12)16/h3-6,13H,7-11H2,1-2H3,(H,17,18). The number of benzene rings is 1. The number of aryl methyl sites for hydroxylation is 1. The third kappa shape index (κ3) is 6.39. The zero-order chi connectivity index (χ0) is 14.8. The summed E-state index contributed by atoms with van der Waals surface area (Å²) in [5.41, 5.74) is 0.577. The lowest BCUT2D eigenvalue weighted by molar-refractivity contribution is -0.121. The Balaban J connectivity index is 2.28. The third-order valence-corrected chi connectivity index (χ3v) is 3.73. The number of hydrogen-bond acceptors (Lipinski definition) is 3. The molecule has 1 atom stereocenters. The first-order valence-electron chi connectivity index (χ1n) is 6.69. The molecule has 1 unspecified atom stereocenters. The number of hydrogen-bond donors (Lipinski definition) is 1. The second-order valence-electron chi connectivity index (χ2n) is 4.53. The fourth-order valence-electron chi connectivity index (χ4n) is 1.82. The molecule has 1 aromatic rings. The van der Waals surface area contributed by atoms with Crippen LogP contribution in [0.1, 0.15) is 18.4 Å². The minimum absolute atomic E-state index is 0.0415. The van der Waals surface area contributed by atoms with Crippen molar-refractivity contribution in [3.8, 4) is 0 Å². The van der Waals surface area contributed by atoms with E-state index in [0.29, 0.717) is 24.9 Å². The van der Waals surface area contributed by atoms with Gasteiger partial charge in [-0.15, -0.1) is 0 Å². The fraction of sp³-hybridized carbons (Fsp3) is 0.533. The van der Waals surface area contributed by atoms with Gasteiger partial charge in [0.2, 0.25) is 5.91 Å². The van der Waals surface area contributed by atoms with Crippen molar-refractivity contribution in [2.75, 3.05) is 25.7 Å². The molecule has 0 saturated heterocycles. The highest BCUT2D eigenvalue weighted by atomic mass is 32.2. The first kappa shape index (κ1) is 17.0. The summed E-state index contributed by atoms with van der Waals surface area (Å²) in [6.07, 6.45) is 3.70. The quantitative estimate of drug-likeness (QED) is 0.762. The second-order valence-corrected chi connectivity index (χ2v) is 5.52. The molecular weight excluding hydrogens is 277 g/mol. The Hall–Kier alpha value is -1.07. The molecule has 20 heavy (non-hydrogen) atoms. The van der Waals surface area contributed by atoms with Crippen molar-refractivity contribution in [2.45, 2.75) is 25.4 Å². The van der Waals surface area contributed by atoms with E-state index in [4.69, 9.17) is 4.74 Å². The number of halogens is 1. The van der Waals surface area contributed by atoms with Crippen LogP contribution in [0.25, 0.3) is 0 Å². The molecule has 0 aromatic heterocycles. The van der Waals surface area contributed by atoms with Gasteiger partial charge < -0.3 is 10.1 Å². The number of ether oxygens (including phenoxy) is 1. The van der Waals surface area contributed by atoms with E-state index in [-0.39, 0.29) is 17.8 Å². The number of rotatable bonds is 9. The van der Waals surface area contributed by atoms with Gasteiger partial charge >= 0.3 is 0 Å². The van der Waals surface area contributed by atoms with Crippen molar-refractivity contribution in [3.63, 3.8) is 0 Å². The number of thioether (sulfide) groups is 1. The van der Waals surface area contributed by atoms with Gasteiger partial charge in [-0.1, -0.05) is 18.2 Å². The van der Waals surface area contributed by atoms with E-state index >= 15 is 0 Å². The van der Waals surface area contributed by atoms with Gasteiger partial charge in [-0.2, -0.15) is 11.8 Å². The summed E-state index contributed by atoms with van der Waals surface area (Å²) in [6, 6.07) is 6.54. The molecular formula is C15H22FNO2S. The summed E-state index contributed by atoms with van der Waals surface area (Å²) in [6.45, 7) is 0.507. The van der Waals surface area contributed by atoms with E-state index in [1.807, 2.05) is 6.26 Å². The van der Waals surface area contributed by atoms with Gasteiger partial charge in [-0.05, 0) is 36.5 Å². The van der Waals surface area contributed by atoms with Crippen molar-refractivity contribution in [1.82, 2.24) is 5.32 Å². The highest BCUT2D eigenvalue weighted by Crippen LogP contribution is 2.09. The summed E-state index contributed by atoms with van der Waals surface area (Å²) in [5, 5.41) is 2.84. The summed E-state index contributed by atoms with van der Waals surface area (Å²) in [5.74, 6) is 0.679. The maximum atomic E-state index is 13.4. The van der Waals surface area contributed by atoms with Crippen LogP contribution in [0, 0.1) is 5.82 Å². The van der Waals surface area contributed by atoms with E-state index < -0.39 is 0 Å². The Morgan fingerprint density at radius 2 is 2.20 bits per heavy atom. The van der Waals surface area contributed by atoms with Gasteiger partial charge in [0.25, 0.3) is 0 Å². The lowest BCUT2D eigenvalue weighted by Gasteiger charge is -2.15. The first-order chi connectivity index (χ1) is 9.67. The lowest BCUT2D eigenvalue weighted by Crippen LogP contribution is -2.33. The molecule has 0 fully saturated rings. The Bertz CT molecular complexity index is 415. The minimum Gasteiger partial charge on any atom is -0.380 e. The van der Waals surface area contributed by atoms with E-state index in [9.17, 15) is 9.18 Å². The molecule has 0 heterocycles. The highest BCUT2D eigenvalue weighted by molar-refractivity contribution is 7.98. The first-order valence-corrected chi connectivity index (χ1v) is 8.08. The smallest absolute Gasteiger partial charge is 0.220 e. The molecule has 0 bridgehead atoms. The number of methoxy groups -OCH3 is 1. The predicted octanol–water partition coefficient (Wildman–Crippen LogP) is 2.64. The molecule has 5 heteroatoms. The average molecular weight is 299 g/mol. The molecule has 1 N–H and O–H groups in total. The number of carbonyl (C=O) groups is 1. The zero-order valence-corrected chi connectivity index (χ0v) is 12.8. The summed E-state index contributed by atoms with van der Waals surface area (Å²) < 4.78 is 18.7. The van der Waals surface area contributed by atoms with Crippen LogP contribution in [-0.2, 0) is 16.0 Å². The Morgan fingerprint density at radius 1 is 1.45 bits per heavy atom. The van der Waals surface area contributed by atoms with Crippen molar-refractivity contribution < 1.29 is 13.9 Å². The molecule has 0 aliphatic heterocycles. The molecule has 0 aliphatic carbocycles. The third-order valence-electron chi connectivity index (χ3n) is 3.08. The molecule has 112 valence electrons. The van der Waals surface area contributed by atoms with E-state index in [1.54, 1.807) is 37.1 Å². The molecule has 0 radical (unpaired) electrons. The Labute approximate surface area is 124 Å². The maximum Gasteiger partial charge on any atom is 0.220 e. The van der Waals surface area contributed by atoms with Crippen molar-refractivity contribution in [2.24, 2.45) is 0 Å². The predicted molar refractivity (Wildman–Crippen MR) is 81.5 cm³/mol. The van der Waals surface area contributed by atoms with Crippen molar-refractivity contribution in [1.29, 1.82) is 0 Å². The average Bonchev–Trinajstić information content (AvgIpc) is 2.46. The van der Waals surface area contributed by atoms with Crippen LogP contribution < -0.4 is 5.32 Å². The molecule has 0 aliphatic rings. The Morgan fingerprint density at radius 3 is 2.85 bits per heavy atom. The van der Waals surface area contributed by atoms with Crippen LogP contribution in [0.5, 0.6) is 0 Å². The van der Waals surface area contributed by atoms with Crippen LogP contribution in [-0.4, -0.2) is 37.7 Å². The van der Waals surface area contributed by atoms with E-state index in [1.165, 1.54) is 6.07 Å². The largest absolute Gasteiger partial charge is 0.380 e. The number of amides is 1. The van der Waals surface area contributed by atoms with Crippen LogP contribution in [0.4, 0.5) is 4.39 Å². The topological polar surface area (TPSA) is 38.3 Å². The van der Waals surface area contributed by atoms with Crippen LogP contribution in [0.2, 0.25) is 0 Å². The maximum absolute atomic E-state index is 13.4. The molecule has 0 spiro atoms. The summed E-state index contributed by atoms with van der Waals surface area (Å²) in [7, 11) is 1.65. The number of carbonyl (C=O) groups excluding carboxylic acids is 1. The van der Waals surface area contributed by atoms with Crippen molar-refractivity contribution >= 4 is 17.7 Å². The SMILES string of the molecule is COC(CCSC)CNC(=O)CCc1ccccc1F. The monoisotopic (exact) mass is 299 g/mol. The van der Waals surface area contributed by atoms with Gasteiger partial charge in [-0.25, -0.2) is 4.39 Å². The molecule has 1 rings (SSSR count). The van der Waals surface area contributed by atoms with Crippen LogP contribution in [0.15, 0.2) is 24.3 Å². The van der Waals surface area contributed by atoms with Crippen molar-refractivity contribution in [3.05, 3.63) is 35.6 Å². The van der Waals surface area contributed by atoms with Gasteiger partial charge in [0.1, 0.15) is 5.82 Å². The fourth-order valence-corrected chi connectivity index (χ4v) is 2.32. The van der Waals surface area contributed by atoms with E-state index in [0.717, 1.165) is 12.2 Å². The second kappa shape index (κ2) is 9.77. The minimum atomic E-state index is -0.255. The van der Waals surface area contributed by atoms with E-state index in [2.05, 4.69) is 5.32 Å². The van der Waals surface area contributed by atoms with Crippen LogP contribution in [0.3, 0.4) is 0 Å². The van der Waals surface area contributed by atoms with Gasteiger partial charge in [0.15, 0.2) is 0 Å². The van der Waals surface area contributed by atoms with Crippen LogP contribution >= 0.6 is 11.8 Å². The zero-order valence-electron chi connectivity index (χ0n) is 12.0. The summed E-state index contributed by atoms with van der Waals surface area (Å²) in [4.78, 5) is 11.7. The Kier molecular flexibility index (Phi) is 8.30. The molecule has 3 nitrogen and oxygen atoms in total.